The van der Waals surface area contributed by atoms with Gasteiger partial charge in [-0.05, 0) is 25.1 Å². The Labute approximate surface area is 177 Å². The predicted octanol–water partition coefficient (Wildman–Crippen LogP) is 3.49. The topological polar surface area (TPSA) is 117 Å². The van der Waals surface area contributed by atoms with Crippen molar-refractivity contribution in [3.8, 4) is 23.4 Å². The van der Waals surface area contributed by atoms with Gasteiger partial charge in [0.25, 0.3) is 10.0 Å². The Balaban J connectivity index is 2.05. The number of nitriles is 2. The minimum atomic E-state index is -4.05. The Morgan fingerprint density at radius 3 is 2.57 bits per heavy atom. The number of fused-ring (bicyclic) bond motifs is 1. The maximum absolute atomic E-state index is 13.5. The highest BCUT2D eigenvalue weighted by Crippen LogP contribution is 2.35. The van der Waals surface area contributed by atoms with Crippen LogP contribution in [-0.4, -0.2) is 27.2 Å². The van der Waals surface area contributed by atoms with Gasteiger partial charge in [-0.2, -0.15) is 15.6 Å². The number of rotatable bonds is 4. The van der Waals surface area contributed by atoms with Gasteiger partial charge in [-0.25, -0.2) is 17.4 Å². The Morgan fingerprint density at radius 2 is 1.90 bits per heavy atom. The van der Waals surface area contributed by atoms with Crippen LogP contribution in [0, 0.1) is 29.6 Å². The fourth-order valence-corrected chi connectivity index (χ4v) is 4.80. The quantitative estimate of drug-likeness (QED) is 0.483. The van der Waals surface area contributed by atoms with Gasteiger partial charge in [0.15, 0.2) is 5.65 Å². The molecule has 0 aliphatic heterocycles. The summed E-state index contributed by atoms with van der Waals surface area (Å²) in [5.41, 5.74) is 1.90. The third kappa shape index (κ3) is 3.11. The third-order valence-corrected chi connectivity index (χ3v) is 6.69. The van der Waals surface area contributed by atoms with E-state index in [4.69, 9.17) is 16.9 Å². The molecule has 0 unspecified atom stereocenters. The van der Waals surface area contributed by atoms with Crippen molar-refractivity contribution in [1.29, 1.82) is 10.5 Å². The average molecular weight is 437 g/mol. The number of aryl methyl sites for hydroxylation is 1. The minimum absolute atomic E-state index is 0.0164. The summed E-state index contributed by atoms with van der Waals surface area (Å²) in [6.45, 7) is 1.88. The zero-order valence-electron chi connectivity index (χ0n) is 15.6. The summed E-state index contributed by atoms with van der Waals surface area (Å²) in [6, 6.07) is 11.9. The first-order chi connectivity index (χ1) is 14.4. The van der Waals surface area contributed by atoms with Crippen molar-refractivity contribution in [3.05, 3.63) is 65.1 Å². The average Bonchev–Trinajstić information content (AvgIpc) is 3.34. The Bertz CT molecular complexity index is 1470. The maximum Gasteiger partial charge on any atom is 0.269 e. The largest absolute Gasteiger partial charge is 0.269 e. The van der Waals surface area contributed by atoms with Crippen LogP contribution >= 0.6 is 11.6 Å². The van der Waals surface area contributed by atoms with Crippen LogP contribution in [0.4, 0.5) is 0 Å². The van der Waals surface area contributed by atoms with Crippen LogP contribution in [0.3, 0.4) is 0 Å². The smallest absolute Gasteiger partial charge is 0.258 e. The molecule has 0 radical (unpaired) electrons. The van der Waals surface area contributed by atoms with E-state index in [1.165, 1.54) is 29.2 Å². The summed E-state index contributed by atoms with van der Waals surface area (Å²) in [4.78, 5) is 4.29. The Morgan fingerprint density at radius 1 is 1.17 bits per heavy atom. The molecule has 8 nitrogen and oxygen atoms in total. The lowest BCUT2D eigenvalue weighted by Gasteiger charge is -2.11. The molecule has 0 saturated heterocycles. The second kappa shape index (κ2) is 7.30. The normalized spacial score (nSPS) is 11.3. The molecule has 0 atom stereocenters. The molecule has 0 spiro atoms. The molecule has 0 bridgehead atoms. The van der Waals surface area contributed by atoms with E-state index in [0.717, 1.165) is 9.54 Å². The third-order valence-electron chi connectivity index (χ3n) is 4.56. The van der Waals surface area contributed by atoms with E-state index >= 15 is 0 Å². The van der Waals surface area contributed by atoms with E-state index in [-0.39, 0.29) is 33.4 Å². The molecule has 0 aliphatic carbocycles. The number of aromatic nitrogens is 4. The molecule has 1 aromatic carbocycles. The standard InChI is InChI=1S/C20H13ClN6O2S/c1-13-2-4-16(5-3-13)30(28,29)27-18(15-11-25-26(12-15)7-6-22)8-17-19(21)14(9-23)10-24-20(17)27/h2-5,8,10-12H,7H2,1H3. The number of halogens is 1. The van der Waals surface area contributed by atoms with Crippen LogP contribution in [0.15, 0.2) is 53.8 Å². The van der Waals surface area contributed by atoms with Gasteiger partial charge in [-0.15, -0.1) is 0 Å². The first-order valence-electron chi connectivity index (χ1n) is 8.69. The molecule has 10 heteroatoms. The maximum atomic E-state index is 13.5. The van der Waals surface area contributed by atoms with Gasteiger partial charge in [0.2, 0.25) is 0 Å². The van der Waals surface area contributed by atoms with E-state index in [1.807, 2.05) is 19.1 Å². The lowest BCUT2D eigenvalue weighted by atomic mass is 10.2. The van der Waals surface area contributed by atoms with Crippen molar-refractivity contribution in [3.63, 3.8) is 0 Å². The summed E-state index contributed by atoms with van der Waals surface area (Å²) in [5, 5.41) is 22.7. The number of hydrogen-bond donors (Lipinski definition) is 0. The Kier molecular flexibility index (Phi) is 4.78. The van der Waals surface area contributed by atoms with Gasteiger partial charge in [-0.1, -0.05) is 29.3 Å². The van der Waals surface area contributed by atoms with Crippen molar-refractivity contribution < 1.29 is 8.42 Å². The van der Waals surface area contributed by atoms with E-state index in [9.17, 15) is 13.7 Å². The molecule has 30 heavy (non-hydrogen) atoms. The van der Waals surface area contributed by atoms with E-state index < -0.39 is 10.0 Å². The van der Waals surface area contributed by atoms with E-state index in [0.29, 0.717) is 10.9 Å². The SMILES string of the molecule is Cc1ccc(S(=O)(=O)n2c(-c3cnn(CC#N)c3)cc3c(Cl)c(C#N)cnc32)cc1. The van der Waals surface area contributed by atoms with Crippen LogP contribution in [0.5, 0.6) is 0 Å². The van der Waals surface area contributed by atoms with Gasteiger partial charge in [0.05, 0.1) is 33.4 Å². The van der Waals surface area contributed by atoms with Crippen LogP contribution in [0.2, 0.25) is 5.02 Å². The molecule has 4 aromatic rings. The molecule has 0 fully saturated rings. The van der Waals surface area contributed by atoms with Crippen molar-refractivity contribution in [2.24, 2.45) is 0 Å². The summed E-state index contributed by atoms with van der Waals surface area (Å²) in [5.74, 6) is 0. The molecular weight excluding hydrogens is 424 g/mol. The number of pyridine rings is 1. The lowest BCUT2D eigenvalue weighted by molar-refractivity contribution is 0.589. The van der Waals surface area contributed by atoms with Crippen LogP contribution in [0.1, 0.15) is 11.1 Å². The fourth-order valence-electron chi connectivity index (χ4n) is 3.09. The van der Waals surface area contributed by atoms with Crippen molar-refractivity contribution in [1.82, 2.24) is 18.7 Å². The highest BCUT2D eigenvalue weighted by Gasteiger charge is 2.27. The molecule has 148 valence electrons. The molecule has 0 N–H and O–H groups in total. The van der Waals surface area contributed by atoms with Gasteiger partial charge in [0.1, 0.15) is 12.6 Å². The van der Waals surface area contributed by atoms with Crippen LogP contribution < -0.4 is 0 Å². The highest BCUT2D eigenvalue weighted by molar-refractivity contribution is 7.90. The second-order valence-electron chi connectivity index (χ2n) is 6.53. The zero-order chi connectivity index (χ0) is 21.5. The van der Waals surface area contributed by atoms with Crippen molar-refractivity contribution in [2.75, 3.05) is 0 Å². The molecule has 0 aliphatic rings. The minimum Gasteiger partial charge on any atom is -0.258 e. The monoisotopic (exact) mass is 436 g/mol. The highest BCUT2D eigenvalue weighted by atomic mass is 35.5. The lowest BCUT2D eigenvalue weighted by Crippen LogP contribution is -2.14. The molecule has 0 amide bonds. The summed E-state index contributed by atoms with van der Waals surface area (Å²) in [6.07, 6.45) is 4.28. The van der Waals surface area contributed by atoms with Crippen molar-refractivity contribution in [2.45, 2.75) is 18.4 Å². The summed E-state index contributed by atoms with van der Waals surface area (Å²) < 4.78 is 29.6. The molecule has 4 rings (SSSR count). The second-order valence-corrected chi connectivity index (χ2v) is 8.70. The first-order valence-corrected chi connectivity index (χ1v) is 10.5. The molecule has 0 saturated carbocycles. The molecule has 3 aromatic heterocycles. The van der Waals surface area contributed by atoms with Gasteiger partial charge in [0, 0.05) is 23.3 Å². The molecule has 3 heterocycles. The fraction of sp³-hybridized carbons (Fsp3) is 0.100. The Hall–Kier alpha value is -3.66. The summed E-state index contributed by atoms with van der Waals surface area (Å²) >= 11 is 6.35. The van der Waals surface area contributed by atoms with Gasteiger partial charge in [-0.3, -0.25) is 4.68 Å². The number of hydrogen-bond acceptors (Lipinski definition) is 6. The van der Waals surface area contributed by atoms with Gasteiger partial charge >= 0.3 is 0 Å². The van der Waals surface area contributed by atoms with Gasteiger partial charge < -0.3 is 0 Å². The molecular formula is C20H13ClN6O2S. The first kappa shape index (κ1) is 19.6. The summed E-state index contributed by atoms with van der Waals surface area (Å²) in [7, 11) is -4.05. The number of benzene rings is 1. The van der Waals surface area contributed by atoms with E-state index in [2.05, 4.69) is 10.1 Å². The van der Waals surface area contributed by atoms with Crippen LogP contribution in [-0.2, 0) is 16.6 Å². The zero-order valence-corrected chi connectivity index (χ0v) is 17.2. The van der Waals surface area contributed by atoms with Crippen LogP contribution in [0.25, 0.3) is 22.3 Å². The van der Waals surface area contributed by atoms with E-state index in [1.54, 1.807) is 24.4 Å². The predicted molar refractivity (Wildman–Crippen MR) is 110 cm³/mol. The van der Waals surface area contributed by atoms with Crippen molar-refractivity contribution >= 4 is 32.7 Å². The number of nitrogens with zero attached hydrogens (tertiary/aromatic N) is 6.